The Balaban J connectivity index is 2.09. The molecule has 0 atom stereocenters. The number of hydrogen-bond donors (Lipinski definition) is 1. The molecule has 2 N–H and O–H groups in total. The third-order valence-electron chi connectivity index (χ3n) is 3.30. The molecule has 88 valence electrons. The molecule has 1 saturated heterocycles. The number of nitrogens with zero attached hydrogens (tertiary/aromatic N) is 3. The lowest BCUT2D eigenvalue weighted by Gasteiger charge is -2.28. The van der Waals surface area contributed by atoms with Gasteiger partial charge in [0.2, 0.25) is 0 Å². The number of nitrogens with two attached hydrogens (primary N) is 1. The summed E-state index contributed by atoms with van der Waals surface area (Å²) >= 11 is 0. The minimum atomic E-state index is 0.751. The Bertz CT molecular complexity index is 532. The molecule has 0 amide bonds. The van der Waals surface area contributed by atoms with E-state index in [1.54, 1.807) is 6.33 Å². The summed E-state index contributed by atoms with van der Waals surface area (Å²) in [6, 6.07) is 5.85. The molecule has 0 unspecified atom stereocenters. The predicted molar refractivity (Wildman–Crippen MR) is 70.0 cm³/mol. The standard InChI is InChI=1S/C13H16N4/c14-10-4-5-11-12(8-10)15-9-16-13(11)17-6-2-1-3-7-17/h4-5,8-9H,1-3,6-7,14H2. The van der Waals surface area contributed by atoms with Gasteiger partial charge in [0.1, 0.15) is 12.1 Å². The van der Waals surface area contributed by atoms with Gasteiger partial charge in [-0.3, -0.25) is 0 Å². The van der Waals surface area contributed by atoms with E-state index >= 15 is 0 Å². The van der Waals surface area contributed by atoms with Crippen molar-refractivity contribution in [3.8, 4) is 0 Å². The van der Waals surface area contributed by atoms with Crippen molar-refractivity contribution >= 4 is 22.4 Å². The van der Waals surface area contributed by atoms with Gasteiger partial charge in [-0.2, -0.15) is 0 Å². The highest BCUT2D eigenvalue weighted by Gasteiger charge is 2.14. The number of benzene rings is 1. The molecule has 0 saturated carbocycles. The van der Waals surface area contributed by atoms with E-state index < -0.39 is 0 Å². The molecule has 1 fully saturated rings. The Labute approximate surface area is 100 Å². The Hall–Kier alpha value is -1.84. The number of anilines is 2. The first-order valence-electron chi connectivity index (χ1n) is 6.10. The molecular weight excluding hydrogens is 212 g/mol. The second-order valence-electron chi connectivity index (χ2n) is 4.52. The van der Waals surface area contributed by atoms with Gasteiger partial charge in [0.05, 0.1) is 5.52 Å². The van der Waals surface area contributed by atoms with Crippen molar-refractivity contribution in [1.29, 1.82) is 0 Å². The van der Waals surface area contributed by atoms with Gasteiger partial charge < -0.3 is 10.6 Å². The van der Waals surface area contributed by atoms with Crippen molar-refractivity contribution in [3.63, 3.8) is 0 Å². The third kappa shape index (κ3) is 1.90. The molecule has 2 heterocycles. The minimum Gasteiger partial charge on any atom is -0.399 e. The fraction of sp³-hybridized carbons (Fsp3) is 0.385. The number of aromatic nitrogens is 2. The Morgan fingerprint density at radius 3 is 2.71 bits per heavy atom. The van der Waals surface area contributed by atoms with Crippen LogP contribution in [0.5, 0.6) is 0 Å². The molecule has 2 aromatic rings. The van der Waals surface area contributed by atoms with Crippen LogP contribution in [0.4, 0.5) is 11.5 Å². The van der Waals surface area contributed by atoms with E-state index in [0.29, 0.717) is 0 Å². The second kappa shape index (κ2) is 4.20. The van der Waals surface area contributed by atoms with Crippen LogP contribution in [0.15, 0.2) is 24.5 Å². The van der Waals surface area contributed by atoms with Crippen LogP contribution in [-0.2, 0) is 0 Å². The van der Waals surface area contributed by atoms with E-state index in [4.69, 9.17) is 5.73 Å². The molecule has 1 aliphatic rings. The average Bonchev–Trinajstić information content (AvgIpc) is 2.39. The molecule has 1 aromatic carbocycles. The maximum atomic E-state index is 5.78. The Morgan fingerprint density at radius 1 is 1.06 bits per heavy atom. The molecule has 0 aliphatic carbocycles. The van der Waals surface area contributed by atoms with Gasteiger partial charge in [-0.25, -0.2) is 9.97 Å². The normalized spacial score (nSPS) is 16.4. The van der Waals surface area contributed by atoms with Gasteiger partial charge in [0.15, 0.2) is 0 Å². The Kier molecular flexibility index (Phi) is 2.55. The summed E-state index contributed by atoms with van der Waals surface area (Å²) in [7, 11) is 0. The second-order valence-corrected chi connectivity index (χ2v) is 4.52. The lowest BCUT2D eigenvalue weighted by Crippen LogP contribution is -2.30. The monoisotopic (exact) mass is 228 g/mol. The van der Waals surface area contributed by atoms with Crippen molar-refractivity contribution < 1.29 is 0 Å². The molecule has 4 nitrogen and oxygen atoms in total. The maximum Gasteiger partial charge on any atom is 0.139 e. The zero-order valence-corrected chi connectivity index (χ0v) is 9.76. The first kappa shape index (κ1) is 10.3. The average molecular weight is 228 g/mol. The van der Waals surface area contributed by atoms with Crippen LogP contribution in [0.2, 0.25) is 0 Å². The summed E-state index contributed by atoms with van der Waals surface area (Å²) in [6.45, 7) is 2.19. The summed E-state index contributed by atoms with van der Waals surface area (Å²) in [5, 5.41) is 1.10. The highest BCUT2D eigenvalue weighted by Crippen LogP contribution is 2.26. The number of nitrogen functional groups attached to an aromatic ring is 1. The summed E-state index contributed by atoms with van der Waals surface area (Å²) in [5.74, 6) is 1.05. The van der Waals surface area contributed by atoms with Crippen molar-refractivity contribution in [2.24, 2.45) is 0 Å². The van der Waals surface area contributed by atoms with Gasteiger partial charge in [0, 0.05) is 24.2 Å². The van der Waals surface area contributed by atoms with E-state index in [1.807, 2.05) is 18.2 Å². The van der Waals surface area contributed by atoms with Crippen LogP contribution in [-0.4, -0.2) is 23.1 Å². The summed E-state index contributed by atoms with van der Waals surface area (Å²) in [6.07, 6.45) is 5.46. The smallest absolute Gasteiger partial charge is 0.139 e. The molecule has 0 spiro atoms. The highest BCUT2D eigenvalue weighted by molar-refractivity contribution is 5.91. The molecule has 4 heteroatoms. The van der Waals surface area contributed by atoms with Gasteiger partial charge >= 0.3 is 0 Å². The predicted octanol–water partition coefficient (Wildman–Crippen LogP) is 2.20. The van der Waals surface area contributed by atoms with Crippen LogP contribution in [0.1, 0.15) is 19.3 Å². The number of piperidine rings is 1. The van der Waals surface area contributed by atoms with Crippen molar-refractivity contribution in [2.75, 3.05) is 23.7 Å². The van der Waals surface area contributed by atoms with Crippen molar-refractivity contribution in [1.82, 2.24) is 9.97 Å². The van der Waals surface area contributed by atoms with Gasteiger partial charge in [-0.05, 0) is 37.5 Å². The number of fused-ring (bicyclic) bond motifs is 1. The van der Waals surface area contributed by atoms with E-state index in [9.17, 15) is 0 Å². The fourth-order valence-electron chi connectivity index (χ4n) is 2.42. The van der Waals surface area contributed by atoms with Crippen molar-refractivity contribution in [2.45, 2.75) is 19.3 Å². The summed E-state index contributed by atoms with van der Waals surface area (Å²) in [4.78, 5) is 11.1. The first-order valence-corrected chi connectivity index (χ1v) is 6.10. The van der Waals surface area contributed by atoms with E-state index in [-0.39, 0.29) is 0 Å². The maximum absolute atomic E-state index is 5.78. The summed E-state index contributed by atoms with van der Waals surface area (Å²) < 4.78 is 0. The van der Waals surface area contributed by atoms with Gasteiger partial charge in [0.25, 0.3) is 0 Å². The molecular formula is C13H16N4. The van der Waals surface area contributed by atoms with Crippen LogP contribution < -0.4 is 10.6 Å². The minimum absolute atomic E-state index is 0.751. The number of hydrogen-bond acceptors (Lipinski definition) is 4. The van der Waals surface area contributed by atoms with E-state index in [0.717, 1.165) is 35.5 Å². The lowest BCUT2D eigenvalue weighted by atomic mass is 10.1. The van der Waals surface area contributed by atoms with Crippen LogP contribution in [0.25, 0.3) is 10.9 Å². The third-order valence-corrected chi connectivity index (χ3v) is 3.30. The zero-order chi connectivity index (χ0) is 11.7. The Morgan fingerprint density at radius 2 is 1.88 bits per heavy atom. The fourth-order valence-corrected chi connectivity index (χ4v) is 2.42. The van der Waals surface area contributed by atoms with E-state index in [1.165, 1.54) is 19.3 Å². The topological polar surface area (TPSA) is 55.0 Å². The molecule has 0 bridgehead atoms. The SMILES string of the molecule is Nc1ccc2c(N3CCCCC3)ncnc2c1. The van der Waals surface area contributed by atoms with Gasteiger partial charge in [-0.1, -0.05) is 0 Å². The lowest BCUT2D eigenvalue weighted by molar-refractivity contribution is 0.574. The molecule has 1 aliphatic heterocycles. The van der Waals surface area contributed by atoms with Gasteiger partial charge in [-0.15, -0.1) is 0 Å². The number of rotatable bonds is 1. The van der Waals surface area contributed by atoms with Crippen LogP contribution in [0.3, 0.4) is 0 Å². The molecule has 3 rings (SSSR count). The quantitative estimate of drug-likeness (QED) is 0.760. The largest absolute Gasteiger partial charge is 0.399 e. The molecule has 1 aromatic heterocycles. The molecule has 17 heavy (non-hydrogen) atoms. The zero-order valence-electron chi connectivity index (χ0n) is 9.76. The molecule has 0 radical (unpaired) electrons. The van der Waals surface area contributed by atoms with Crippen molar-refractivity contribution in [3.05, 3.63) is 24.5 Å². The summed E-state index contributed by atoms with van der Waals surface area (Å²) in [5.41, 5.74) is 7.46. The highest BCUT2D eigenvalue weighted by atomic mass is 15.2. The van der Waals surface area contributed by atoms with Crippen LogP contribution >= 0.6 is 0 Å². The first-order chi connectivity index (χ1) is 8.34. The van der Waals surface area contributed by atoms with E-state index in [2.05, 4.69) is 14.9 Å². The van der Waals surface area contributed by atoms with Crippen LogP contribution in [0, 0.1) is 0 Å².